The molecule has 0 radical (unpaired) electrons. The van der Waals surface area contributed by atoms with Gasteiger partial charge in [-0.1, -0.05) is 124 Å². The van der Waals surface area contributed by atoms with Crippen molar-refractivity contribution in [3.05, 3.63) is 96.6 Å². The molecule has 7 aromatic rings. The van der Waals surface area contributed by atoms with Crippen LogP contribution in [0.4, 0.5) is 0 Å². The van der Waals surface area contributed by atoms with Crippen LogP contribution in [0.1, 0.15) is 120 Å². The summed E-state index contributed by atoms with van der Waals surface area (Å²) in [5.74, 6) is 1.41. The molecule has 4 aromatic carbocycles. The van der Waals surface area contributed by atoms with E-state index in [9.17, 15) is 4.79 Å². The molecule has 0 aliphatic carbocycles. The molecule has 2 aliphatic heterocycles. The number of carbonyl (C=O) groups is 1. The van der Waals surface area contributed by atoms with Crippen molar-refractivity contribution < 1.29 is 20.8 Å². The van der Waals surface area contributed by atoms with Gasteiger partial charge in [0.05, 0.1) is 5.56 Å². The van der Waals surface area contributed by atoms with E-state index in [1.807, 2.05) is 78.9 Å². The number of primary amides is 1. The number of H-pyrrole nitrogens is 2. The van der Waals surface area contributed by atoms with Crippen molar-refractivity contribution in [1.82, 2.24) is 39.9 Å². The number of hydrogen-bond acceptors (Lipinski definition) is 7. The molecule has 0 spiro atoms. The van der Waals surface area contributed by atoms with Crippen LogP contribution in [-0.4, -0.2) is 45.8 Å². The normalized spacial score (nSPS) is 11.7. The maximum absolute atomic E-state index is 12.6. The van der Waals surface area contributed by atoms with E-state index < -0.39 is 5.91 Å². The number of fused-ring (bicyclic) bond motifs is 20. The van der Waals surface area contributed by atoms with Crippen LogP contribution >= 0.6 is 0 Å². The van der Waals surface area contributed by atoms with Crippen molar-refractivity contribution in [3.63, 3.8) is 0 Å². The summed E-state index contributed by atoms with van der Waals surface area (Å²) < 4.78 is 0. The fourth-order valence-electron chi connectivity index (χ4n) is 8.52. The Kier molecular flexibility index (Phi) is 14.4. The zero-order valence-electron chi connectivity index (χ0n) is 35.7. The number of nitrogens with two attached hydrogens (primary N) is 1. The van der Waals surface area contributed by atoms with Crippen molar-refractivity contribution in [3.8, 4) is 45.6 Å². The standard InChI is InChI=1S/C33H19N9O.C18H37.Cu/c34-25(43)22-14-7-15-23-24(22)33-41-31-21-13-6-5-12-20(21)29(39-31)37-27-17-9-2-1-8-16(17)26(35-27)36-28-18-10-3-4-11-19(18)30(38-28)40-32(23)42-33;1-3-5-7-9-11-13-15-17-18-16-14-12-10-8-6-4-2;/h1-15H,(H2,34,43)(H2,35,36,37,38,39,40,41,42);1,3-18H2,2H3;. The van der Waals surface area contributed by atoms with Crippen LogP contribution in [0, 0.1) is 0 Å². The number of benzene rings is 4. The summed E-state index contributed by atoms with van der Waals surface area (Å²) in [6, 6.07) is 28.9. The molecule has 5 heterocycles. The summed E-state index contributed by atoms with van der Waals surface area (Å²) in [7, 11) is 0. The van der Waals surface area contributed by atoms with E-state index in [1.54, 1.807) is 12.1 Å². The third-order valence-electron chi connectivity index (χ3n) is 11.8. The van der Waals surface area contributed by atoms with Gasteiger partial charge in [0.25, 0.3) is 0 Å². The van der Waals surface area contributed by atoms with Crippen LogP contribution in [-0.2, 0) is 16.0 Å². The Hall–Kier alpha value is -5.77. The molecule has 62 heavy (non-hydrogen) atoms. The van der Waals surface area contributed by atoms with Gasteiger partial charge in [-0.15, -0.1) is 0 Å². The molecular formula is C51H56CuN9O. The van der Waals surface area contributed by atoms with Crippen molar-refractivity contribution in [2.24, 2.45) is 5.73 Å². The van der Waals surface area contributed by atoms with Gasteiger partial charge in [0.1, 0.15) is 22.6 Å². The van der Waals surface area contributed by atoms with Crippen molar-refractivity contribution in [2.45, 2.75) is 115 Å². The van der Waals surface area contributed by atoms with Crippen molar-refractivity contribution >= 4 is 50.0 Å². The Bertz CT molecular complexity index is 2810. The van der Waals surface area contributed by atoms with Gasteiger partial charge >= 0.3 is 92.0 Å². The molecule has 8 bridgehead atoms. The Balaban J connectivity index is 0.000000238. The largest absolute Gasteiger partial charge is 0.366 e. The fourth-order valence-corrected chi connectivity index (χ4v) is 8.75. The van der Waals surface area contributed by atoms with E-state index in [0.717, 1.165) is 38.3 Å². The van der Waals surface area contributed by atoms with E-state index in [2.05, 4.69) is 16.9 Å². The van der Waals surface area contributed by atoms with E-state index in [4.69, 9.17) is 51.7 Å². The van der Waals surface area contributed by atoms with Gasteiger partial charge in [-0.3, -0.25) is 4.79 Å². The van der Waals surface area contributed by atoms with Gasteiger partial charge in [-0.25, -0.2) is 29.9 Å². The number of nitrogens with one attached hydrogen (secondary N) is 2. The van der Waals surface area contributed by atoms with Crippen LogP contribution in [0.5, 0.6) is 0 Å². The van der Waals surface area contributed by atoms with Gasteiger partial charge < -0.3 is 15.7 Å². The predicted octanol–water partition coefficient (Wildman–Crippen LogP) is 13.2. The quantitative estimate of drug-likeness (QED) is 0.0608. The number of aromatic amines is 2. The Morgan fingerprint density at radius 2 is 0.806 bits per heavy atom. The summed E-state index contributed by atoms with van der Waals surface area (Å²) in [4.78, 5) is 48.9. The van der Waals surface area contributed by atoms with Gasteiger partial charge in [-0.2, -0.15) is 0 Å². The maximum Gasteiger partial charge on any atom is 0.249 e. The van der Waals surface area contributed by atoms with E-state index in [1.165, 1.54) is 103 Å². The molecule has 0 fully saturated rings. The Morgan fingerprint density at radius 1 is 0.452 bits per heavy atom. The smallest absolute Gasteiger partial charge is 0.249 e. The molecule has 10 nitrogen and oxygen atoms in total. The third-order valence-corrected chi connectivity index (χ3v) is 12.1. The number of carbonyl (C=O) groups excluding carboxylic acids is 1. The van der Waals surface area contributed by atoms with E-state index in [-0.39, 0.29) is 0 Å². The minimum atomic E-state index is -0.568. The summed E-state index contributed by atoms with van der Waals surface area (Å²) in [6.45, 7) is 2.29. The monoisotopic (exact) mass is 873 g/mol. The first-order chi connectivity index (χ1) is 30.5. The SMILES string of the molecule is CCCCCCCCCCCCCCCCC[CH2][Cu].NC(=O)c1cccc2c3nc4nc(nc5[nH]c(nc6nc(nc([nH]3)c12)-c1ccccc1-6)c1ccccc51)-c1ccccc1-4. The average Bonchev–Trinajstić information content (AvgIpc) is 4.04. The zero-order chi connectivity index (χ0) is 42.7. The molecule has 322 valence electrons. The molecule has 0 unspecified atom stereocenters. The molecule has 2 aliphatic rings. The van der Waals surface area contributed by atoms with E-state index >= 15 is 0 Å². The second-order valence-corrected chi connectivity index (χ2v) is 16.8. The first kappa shape index (κ1) is 42.9. The second-order valence-electron chi connectivity index (χ2n) is 16.3. The van der Waals surface area contributed by atoms with Crippen molar-refractivity contribution in [1.29, 1.82) is 0 Å². The third kappa shape index (κ3) is 9.80. The van der Waals surface area contributed by atoms with Gasteiger partial charge in [-0.05, 0) is 6.07 Å². The number of aromatic nitrogens is 8. The number of nitrogens with zero attached hydrogens (tertiary/aromatic N) is 6. The van der Waals surface area contributed by atoms with Crippen molar-refractivity contribution in [2.75, 3.05) is 0 Å². The van der Waals surface area contributed by atoms with Crippen LogP contribution in [0.3, 0.4) is 0 Å². The van der Waals surface area contributed by atoms with Gasteiger partial charge in [0.15, 0.2) is 23.3 Å². The molecule has 11 heteroatoms. The first-order valence-electron chi connectivity index (χ1n) is 22.6. The number of unbranched alkanes of at least 4 members (excludes halogenated alkanes) is 15. The molecule has 0 saturated carbocycles. The minimum Gasteiger partial charge on any atom is -0.366 e. The van der Waals surface area contributed by atoms with Crippen LogP contribution in [0.25, 0.3) is 89.7 Å². The fraction of sp³-hybridized carbons (Fsp3) is 0.353. The molecule has 0 atom stereocenters. The van der Waals surface area contributed by atoms with E-state index in [0.29, 0.717) is 62.2 Å². The minimum absolute atomic E-state index is 0.328. The predicted molar refractivity (Wildman–Crippen MR) is 249 cm³/mol. The molecule has 9 rings (SSSR count). The molecule has 3 aromatic heterocycles. The van der Waals surface area contributed by atoms with Gasteiger partial charge in [0, 0.05) is 43.8 Å². The average molecular weight is 875 g/mol. The molecule has 0 saturated heterocycles. The Morgan fingerprint density at radius 3 is 1.23 bits per heavy atom. The van der Waals surface area contributed by atoms with Crippen LogP contribution in [0.15, 0.2) is 91.0 Å². The Labute approximate surface area is 371 Å². The number of hydrogen-bond donors (Lipinski definition) is 3. The summed E-state index contributed by atoms with van der Waals surface area (Å²) in [6.07, 6.45) is 22.9. The first-order valence-corrected chi connectivity index (χ1v) is 23.2. The molecule has 4 N–H and O–H groups in total. The summed E-state index contributed by atoms with van der Waals surface area (Å²) >= 11 is 5.08. The molecular weight excluding hydrogens is 818 g/mol. The number of rotatable bonds is 17. The summed E-state index contributed by atoms with van der Waals surface area (Å²) in [5.41, 5.74) is 11.7. The topological polar surface area (TPSA) is 152 Å². The molecule has 1 amide bonds. The number of amides is 1. The zero-order valence-corrected chi connectivity index (χ0v) is 36.6. The van der Waals surface area contributed by atoms with Gasteiger partial charge in [0.2, 0.25) is 5.91 Å². The van der Waals surface area contributed by atoms with Crippen LogP contribution in [0.2, 0.25) is 5.32 Å². The second kappa shape index (κ2) is 20.9. The maximum atomic E-state index is 12.6. The summed E-state index contributed by atoms with van der Waals surface area (Å²) in [5, 5.41) is 4.00. The van der Waals surface area contributed by atoms with Crippen LogP contribution < -0.4 is 5.73 Å².